The molecule has 1 atom stereocenters. The molecular weight excluding hydrogens is 210 g/mol. The number of amides is 2. The van der Waals surface area contributed by atoms with Crippen molar-refractivity contribution >= 4 is 12.0 Å². The van der Waals surface area contributed by atoms with E-state index in [9.17, 15) is 18.4 Å². The smallest absolute Gasteiger partial charge is 0.326 e. The van der Waals surface area contributed by atoms with Gasteiger partial charge < -0.3 is 15.7 Å². The molecule has 2 amide bonds. The van der Waals surface area contributed by atoms with Crippen LogP contribution in [0.1, 0.15) is 19.8 Å². The van der Waals surface area contributed by atoms with Crippen molar-refractivity contribution in [1.82, 2.24) is 10.6 Å². The minimum Gasteiger partial charge on any atom is -0.480 e. The molecule has 0 aromatic carbocycles. The molecule has 0 rings (SSSR count). The van der Waals surface area contributed by atoms with Crippen LogP contribution in [-0.2, 0) is 4.79 Å². The molecule has 0 aliphatic rings. The Morgan fingerprint density at radius 2 is 2.00 bits per heavy atom. The molecule has 88 valence electrons. The van der Waals surface area contributed by atoms with E-state index in [2.05, 4.69) is 5.32 Å². The van der Waals surface area contributed by atoms with Gasteiger partial charge in [-0.15, -0.1) is 0 Å². The summed E-state index contributed by atoms with van der Waals surface area (Å²) in [5, 5.41) is 12.6. The summed E-state index contributed by atoms with van der Waals surface area (Å²) in [6, 6.07) is -1.93. The fraction of sp³-hybridized carbons (Fsp3) is 0.750. The Morgan fingerprint density at radius 3 is 2.40 bits per heavy atom. The number of carboxylic acid groups (broad SMARTS) is 1. The molecule has 0 saturated carbocycles. The number of nitrogens with one attached hydrogen (secondary N) is 2. The zero-order valence-electron chi connectivity index (χ0n) is 8.30. The number of carboxylic acids is 1. The Kier molecular flexibility index (Phi) is 6.32. The summed E-state index contributed by atoms with van der Waals surface area (Å²) in [7, 11) is 0. The molecule has 0 aliphatic carbocycles. The van der Waals surface area contributed by atoms with Crippen molar-refractivity contribution in [2.24, 2.45) is 0 Å². The number of hydrogen-bond acceptors (Lipinski definition) is 2. The molecule has 5 nitrogen and oxygen atoms in total. The lowest BCUT2D eigenvalue weighted by molar-refractivity contribution is -0.139. The highest BCUT2D eigenvalue weighted by atomic mass is 19.3. The second-order valence-corrected chi connectivity index (χ2v) is 2.92. The topological polar surface area (TPSA) is 78.4 Å². The first-order valence-electron chi connectivity index (χ1n) is 4.52. The Hall–Kier alpha value is -1.40. The van der Waals surface area contributed by atoms with Crippen LogP contribution in [0.5, 0.6) is 0 Å². The maximum atomic E-state index is 11.7. The minimum atomic E-state index is -2.65. The van der Waals surface area contributed by atoms with E-state index in [1.165, 1.54) is 0 Å². The van der Waals surface area contributed by atoms with E-state index in [0.717, 1.165) is 0 Å². The van der Waals surface area contributed by atoms with Crippen molar-refractivity contribution in [2.45, 2.75) is 32.2 Å². The summed E-state index contributed by atoms with van der Waals surface area (Å²) < 4.78 is 23.4. The second kappa shape index (κ2) is 6.97. The van der Waals surface area contributed by atoms with Crippen LogP contribution in [0.25, 0.3) is 0 Å². The van der Waals surface area contributed by atoms with Gasteiger partial charge in [0.2, 0.25) is 0 Å². The van der Waals surface area contributed by atoms with E-state index >= 15 is 0 Å². The second-order valence-electron chi connectivity index (χ2n) is 2.92. The van der Waals surface area contributed by atoms with Crippen molar-refractivity contribution in [3.63, 3.8) is 0 Å². The van der Waals surface area contributed by atoms with Crippen LogP contribution in [0, 0.1) is 0 Å². The Labute approximate surface area is 85.8 Å². The van der Waals surface area contributed by atoms with Gasteiger partial charge in [-0.25, -0.2) is 18.4 Å². The van der Waals surface area contributed by atoms with Gasteiger partial charge in [0.25, 0.3) is 6.43 Å². The summed E-state index contributed by atoms with van der Waals surface area (Å²) in [4.78, 5) is 21.5. The summed E-state index contributed by atoms with van der Waals surface area (Å²) in [5.74, 6) is -1.18. The lowest BCUT2D eigenvalue weighted by Crippen LogP contribution is -2.46. The summed E-state index contributed by atoms with van der Waals surface area (Å²) in [6.07, 6.45) is -1.81. The van der Waals surface area contributed by atoms with Gasteiger partial charge in [-0.05, 0) is 6.42 Å². The Morgan fingerprint density at radius 1 is 1.40 bits per heavy atom. The molecule has 0 bridgehead atoms. The van der Waals surface area contributed by atoms with Gasteiger partial charge in [0, 0.05) is 0 Å². The van der Waals surface area contributed by atoms with E-state index in [1.807, 2.05) is 5.32 Å². The summed E-state index contributed by atoms with van der Waals surface area (Å²) >= 11 is 0. The van der Waals surface area contributed by atoms with Gasteiger partial charge in [-0.2, -0.15) is 0 Å². The maximum Gasteiger partial charge on any atom is 0.326 e. The van der Waals surface area contributed by atoms with Crippen LogP contribution >= 0.6 is 0 Å². The first kappa shape index (κ1) is 13.6. The maximum absolute atomic E-state index is 11.7. The number of hydrogen-bond donors (Lipinski definition) is 3. The molecular formula is C8H14F2N2O3. The summed E-state index contributed by atoms with van der Waals surface area (Å²) in [6.45, 7) is 0.971. The van der Waals surface area contributed by atoms with E-state index in [4.69, 9.17) is 5.11 Å². The molecule has 7 heteroatoms. The summed E-state index contributed by atoms with van der Waals surface area (Å²) in [5.41, 5.74) is 0. The molecule has 0 fully saturated rings. The SMILES string of the molecule is CCC[C@H](NC(=O)NCC(F)F)C(=O)O. The Balaban J connectivity index is 3.94. The number of carbonyl (C=O) groups is 2. The normalized spacial score (nSPS) is 12.3. The Bertz CT molecular complexity index is 224. The van der Waals surface area contributed by atoms with Crippen LogP contribution < -0.4 is 10.6 Å². The lowest BCUT2D eigenvalue weighted by atomic mass is 10.2. The zero-order valence-corrected chi connectivity index (χ0v) is 8.30. The molecule has 0 saturated heterocycles. The fourth-order valence-corrected chi connectivity index (χ4v) is 0.925. The third-order valence-electron chi connectivity index (χ3n) is 1.60. The molecule has 0 aromatic heterocycles. The van der Waals surface area contributed by atoms with Crippen LogP contribution in [0.2, 0.25) is 0 Å². The molecule has 0 aromatic rings. The highest BCUT2D eigenvalue weighted by Crippen LogP contribution is 1.96. The monoisotopic (exact) mass is 224 g/mol. The van der Waals surface area contributed by atoms with Crippen molar-refractivity contribution in [1.29, 1.82) is 0 Å². The van der Waals surface area contributed by atoms with Gasteiger partial charge in [0.15, 0.2) is 0 Å². The van der Waals surface area contributed by atoms with Crippen molar-refractivity contribution in [3.8, 4) is 0 Å². The van der Waals surface area contributed by atoms with Gasteiger partial charge >= 0.3 is 12.0 Å². The van der Waals surface area contributed by atoms with Crippen molar-refractivity contribution in [2.75, 3.05) is 6.54 Å². The van der Waals surface area contributed by atoms with Gasteiger partial charge in [-0.1, -0.05) is 13.3 Å². The predicted molar refractivity (Wildman–Crippen MR) is 48.9 cm³/mol. The van der Waals surface area contributed by atoms with Crippen LogP contribution in [-0.4, -0.2) is 36.1 Å². The average molecular weight is 224 g/mol. The van der Waals surface area contributed by atoms with Crippen molar-refractivity contribution < 1.29 is 23.5 Å². The molecule has 0 heterocycles. The molecule has 0 radical (unpaired) electrons. The van der Waals surface area contributed by atoms with Crippen LogP contribution in [0.4, 0.5) is 13.6 Å². The minimum absolute atomic E-state index is 0.261. The predicted octanol–water partition coefficient (Wildman–Crippen LogP) is 0.804. The number of alkyl halides is 2. The van der Waals surface area contributed by atoms with Gasteiger partial charge in [0.05, 0.1) is 6.54 Å². The van der Waals surface area contributed by atoms with Gasteiger partial charge in [0.1, 0.15) is 6.04 Å². The molecule has 15 heavy (non-hydrogen) atoms. The zero-order chi connectivity index (χ0) is 11.8. The van der Waals surface area contributed by atoms with E-state index in [0.29, 0.717) is 6.42 Å². The fourth-order valence-electron chi connectivity index (χ4n) is 0.925. The molecule has 3 N–H and O–H groups in total. The number of urea groups is 1. The van der Waals surface area contributed by atoms with E-state index in [-0.39, 0.29) is 6.42 Å². The largest absolute Gasteiger partial charge is 0.480 e. The number of aliphatic carboxylic acids is 1. The third kappa shape index (κ3) is 6.64. The number of halogens is 2. The molecule has 0 spiro atoms. The standard InChI is InChI=1S/C8H14F2N2O3/c1-2-3-5(7(13)14)12-8(15)11-4-6(9)10/h5-6H,2-4H2,1H3,(H,13,14)(H2,11,12,15)/t5-/m0/s1. The van der Waals surface area contributed by atoms with Crippen molar-refractivity contribution in [3.05, 3.63) is 0 Å². The average Bonchev–Trinajstić information content (AvgIpc) is 2.14. The first-order valence-corrected chi connectivity index (χ1v) is 4.52. The number of carbonyl (C=O) groups excluding carboxylic acids is 1. The van der Waals surface area contributed by atoms with Crippen LogP contribution in [0.3, 0.4) is 0 Å². The highest BCUT2D eigenvalue weighted by molar-refractivity contribution is 5.82. The lowest BCUT2D eigenvalue weighted by Gasteiger charge is -2.13. The van der Waals surface area contributed by atoms with Gasteiger partial charge in [-0.3, -0.25) is 0 Å². The van der Waals surface area contributed by atoms with E-state index < -0.39 is 31.0 Å². The third-order valence-corrected chi connectivity index (χ3v) is 1.60. The molecule has 0 unspecified atom stereocenters. The van der Waals surface area contributed by atoms with Crippen LogP contribution in [0.15, 0.2) is 0 Å². The molecule has 0 aliphatic heterocycles. The number of rotatable bonds is 6. The highest BCUT2D eigenvalue weighted by Gasteiger charge is 2.18. The van der Waals surface area contributed by atoms with E-state index in [1.54, 1.807) is 6.92 Å². The quantitative estimate of drug-likeness (QED) is 0.624. The first-order chi connectivity index (χ1) is 6.97.